The van der Waals surface area contributed by atoms with E-state index in [4.69, 9.17) is 0 Å². The first-order valence-electron chi connectivity index (χ1n) is 7.59. The maximum Gasteiger partial charge on any atom is 0.271 e. The average molecular weight is 326 g/mol. The topological polar surface area (TPSA) is 92.5 Å². The Hall–Kier alpha value is -3.03. The van der Waals surface area contributed by atoms with Gasteiger partial charge in [0.15, 0.2) is 5.82 Å². The molecule has 1 aliphatic rings. The number of hydrogen-bond donors (Lipinski definition) is 1. The Bertz CT molecular complexity index is 822. The van der Waals surface area contributed by atoms with Gasteiger partial charge in [-0.3, -0.25) is 9.59 Å². The van der Waals surface area contributed by atoms with Crippen LogP contribution in [0.15, 0.2) is 29.5 Å². The summed E-state index contributed by atoms with van der Waals surface area (Å²) in [5.41, 5.74) is 2.80. The summed E-state index contributed by atoms with van der Waals surface area (Å²) in [6.07, 6.45) is 2.20. The summed E-state index contributed by atoms with van der Waals surface area (Å²) in [7, 11) is 1.54. The molecule has 3 rings (SSSR count). The first-order valence-corrected chi connectivity index (χ1v) is 7.59. The van der Waals surface area contributed by atoms with Crippen LogP contribution in [-0.4, -0.2) is 44.3 Å². The second-order valence-corrected chi connectivity index (χ2v) is 5.66. The maximum atomic E-state index is 12.2. The fourth-order valence-electron chi connectivity index (χ4n) is 2.48. The van der Waals surface area contributed by atoms with Crippen molar-refractivity contribution in [2.45, 2.75) is 26.7 Å². The summed E-state index contributed by atoms with van der Waals surface area (Å²) in [6, 6.07) is 5.51. The lowest BCUT2D eigenvalue weighted by Gasteiger charge is -2.18. The summed E-state index contributed by atoms with van der Waals surface area (Å²) in [6.45, 7) is 3.88. The Balaban J connectivity index is 1.73. The van der Waals surface area contributed by atoms with E-state index in [1.165, 1.54) is 5.01 Å². The summed E-state index contributed by atoms with van der Waals surface area (Å²) >= 11 is 0. The molecule has 0 saturated heterocycles. The number of nitrogens with zero attached hydrogens (tertiary/aromatic N) is 5. The number of pyridine rings is 1. The molecule has 2 aromatic heterocycles. The van der Waals surface area contributed by atoms with E-state index in [-0.39, 0.29) is 18.2 Å². The lowest BCUT2D eigenvalue weighted by molar-refractivity contribution is -0.130. The fourth-order valence-corrected chi connectivity index (χ4v) is 2.48. The zero-order valence-corrected chi connectivity index (χ0v) is 13.8. The third kappa shape index (κ3) is 3.17. The number of hydrogen-bond acceptors (Lipinski definition) is 5. The van der Waals surface area contributed by atoms with Gasteiger partial charge in [0, 0.05) is 25.6 Å². The van der Waals surface area contributed by atoms with Crippen LogP contribution in [0.25, 0.3) is 5.82 Å². The highest BCUT2D eigenvalue weighted by Crippen LogP contribution is 2.14. The van der Waals surface area contributed by atoms with Gasteiger partial charge in [-0.25, -0.2) is 14.7 Å². The molecule has 2 aromatic rings. The lowest BCUT2D eigenvalue weighted by atomic mass is 10.1. The minimum absolute atomic E-state index is 0.0949. The Morgan fingerprint density at radius 2 is 2.04 bits per heavy atom. The quantitative estimate of drug-likeness (QED) is 0.923. The van der Waals surface area contributed by atoms with Crippen molar-refractivity contribution in [3.63, 3.8) is 0 Å². The third-order valence-corrected chi connectivity index (χ3v) is 3.70. The van der Waals surface area contributed by atoms with Crippen LogP contribution in [0.3, 0.4) is 0 Å². The van der Waals surface area contributed by atoms with Gasteiger partial charge in [0.1, 0.15) is 5.71 Å². The second-order valence-electron chi connectivity index (χ2n) is 5.66. The van der Waals surface area contributed by atoms with Crippen LogP contribution in [0.1, 0.15) is 24.2 Å². The summed E-state index contributed by atoms with van der Waals surface area (Å²) in [4.78, 5) is 27.9. The monoisotopic (exact) mass is 326 g/mol. The molecule has 1 N–H and O–H groups in total. The Morgan fingerprint density at radius 3 is 2.62 bits per heavy atom. The van der Waals surface area contributed by atoms with E-state index in [9.17, 15) is 9.59 Å². The first-order chi connectivity index (χ1) is 11.4. The van der Waals surface area contributed by atoms with Gasteiger partial charge in [0.25, 0.3) is 5.91 Å². The van der Waals surface area contributed by atoms with Crippen LogP contribution < -0.4 is 5.32 Å². The van der Waals surface area contributed by atoms with Crippen molar-refractivity contribution in [3.05, 3.63) is 35.8 Å². The average Bonchev–Trinajstić information content (AvgIpc) is 2.89. The standard InChI is InChI=1S/C16H18N6O2/c1-10-8-11(2)22(19-10)14-6-4-12(9-17-14)18-16(24)13-5-7-15(23)21(3)20-13/h4,6,8-9H,5,7H2,1-3H3,(H,18,24). The van der Waals surface area contributed by atoms with Crippen molar-refractivity contribution in [1.82, 2.24) is 19.8 Å². The minimum atomic E-state index is -0.324. The second kappa shape index (κ2) is 6.23. The predicted octanol–water partition coefficient (Wildman–Crippen LogP) is 1.43. The molecule has 0 fully saturated rings. The van der Waals surface area contributed by atoms with Gasteiger partial charge < -0.3 is 5.32 Å². The van der Waals surface area contributed by atoms with Crippen LogP contribution in [-0.2, 0) is 9.59 Å². The molecule has 0 saturated carbocycles. The maximum absolute atomic E-state index is 12.2. The molecule has 0 aromatic carbocycles. The highest BCUT2D eigenvalue weighted by atomic mass is 16.2. The number of amides is 2. The van der Waals surface area contributed by atoms with Gasteiger partial charge in [-0.15, -0.1) is 0 Å². The van der Waals surface area contributed by atoms with Crippen LogP contribution in [0.5, 0.6) is 0 Å². The number of aryl methyl sites for hydroxylation is 2. The molecule has 0 unspecified atom stereocenters. The van der Waals surface area contributed by atoms with Crippen molar-refractivity contribution in [3.8, 4) is 5.82 Å². The SMILES string of the molecule is Cc1cc(C)n(-c2ccc(NC(=O)C3=NN(C)C(=O)CC3)cn2)n1. The number of anilines is 1. The molecule has 3 heterocycles. The molecule has 0 bridgehead atoms. The normalized spacial score (nSPS) is 14.5. The summed E-state index contributed by atoms with van der Waals surface area (Å²) < 4.78 is 1.74. The van der Waals surface area contributed by atoms with E-state index in [2.05, 4.69) is 20.5 Å². The zero-order valence-electron chi connectivity index (χ0n) is 13.8. The third-order valence-electron chi connectivity index (χ3n) is 3.70. The number of carbonyl (C=O) groups excluding carboxylic acids is 2. The molecule has 8 nitrogen and oxygen atoms in total. The molecule has 8 heteroatoms. The number of carbonyl (C=O) groups is 2. The largest absolute Gasteiger partial charge is 0.319 e. The van der Waals surface area contributed by atoms with Crippen LogP contribution in [0.4, 0.5) is 5.69 Å². The summed E-state index contributed by atoms with van der Waals surface area (Å²) in [5.74, 6) is 0.261. The van der Waals surface area contributed by atoms with Crippen molar-refractivity contribution in [2.75, 3.05) is 12.4 Å². The van der Waals surface area contributed by atoms with E-state index in [1.54, 1.807) is 30.1 Å². The van der Waals surface area contributed by atoms with Crippen molar-refractivity contribution < 1.29 is 9.59 Å². The highest BCUT2D eigenvalue weighted by molar-refractivity contribution is 6.43. The molecule has 0 atom stereocenters. The Kier molecular flexibility index (Phi) is 4.11. The smallest absolute Gasteiger partial charge is 0.271 e. The van der Waals surface area contributed by atoms with Gasteiger partial charge in [-0.05, 0) is 32.0 Å². The van der Waals surface area contributed by atoms with E-state index in [0.717, 1.165) is 11.4 Å². The van der Waals surface area contributed by atoms with Crippen molar-refractivity contribution in [1.29, 1.82) is 0 Å². The van der Waals surface area contributed by atoms with Crippen molar-refractivity contribution in [2.24, 2.45) is 5.10 Å². The van der Waals surface area contributed by atoms with Gasteiger partial charge in [-0.2, -0.15) is 10.2 Å². The van der Waals surface area contributed by atoms with E-state index >= 15 is 0 Å². The van der Waals surface area contributed by atoms with E-state index in [0.29, 0.717) is 23.6 Å². The molecule has 0 radical (unpaired) electrons. The van der Waals surface area contributed by atoms with Crippen LogP contribution in [0.2, 0.25) is 0 Å². The van der Waals surface area contributed by atoms with Crippen molar-refractivity contribution >= 4 is 23.2 Å². The molecule has 0 spiro atoms. The van der Waals surface area contributed by atoms with Gasteiger partial charge in [0.05, 0.1) is 17.6 Å². The minimum Gasteiger partial charge on any atom is -0.319 e. The molecule has 124 valence electrons. The number of aromatic nitrogens is 3. The lowest BCUT2D eigenvalue weighted by Crippen LogP contribution is -2.34. The summed E-state index contributed by atoms with van der Waals surface area (Å²) in [5, 5.41) is 12.3. The van der Waals surface area contributed by atoms with Gasteiger partial charge in [0.2, 0.25) is 5.91 Å². The fraction of sp³-hybridized carbons (Fsp3) is 0.312. The Morgan fingerprint density at radius 1 is 1.25 bits per heavy atom. The van der Waals surface area contributed by atoms with E-state index in [1.807, 2.05) is 19.9 Å². The Labute approximate surface area is 139 Å². The molecule has 1 aliphatic heterocycles. The number of hydrazone groups is 1. The van der Waals surface area contributed by atoms with Gasteiger partial charge >= 0.3 is 0 Å². The molecular weight excluding hydrogens is 308 g/mol. The molecular formula is C16H18N6O2. The highest BCUT2D eigenvalue weighted by Gasteiger charge is 2.22. The first kappa shape index (κ1) is 15.9. The van der Waals surface area contributed by atoms with Crippen LogP contribution in [0, 0.1) is 13.8 Å². The van der Waals surface area contributed by atoms with Gasteiger partial charge in [-0.1, -0.05) is 0 Å². The van der Waals surface area contributed by atoms with Crippen LogP contribution >= 0.6 is 0 Å². The number of rotatable bonds is 3. The van der Waals surface area contributed by atoms with E-state index < -0.39 is 0 Å². The molecule has 2 amide bonds. The molecule has 24 heavy (non-hydrogen) atoms. The predicted molar refractivity (Wildman–Crippen MR) is 88.9 cm³/mol. The number of nitrogens with one attached hydrogen (secondary N) is 1. The zero-order chi connectivity index (χ0) is 17.3. The molecule has 0 aliphatic carbocycles.